The summed E-state index contributed by atoms with van der Waals surface area (Å²) in [7, 11) is 0. The van der Waals surface area contributed by atoms with Crippen molar-refractivity contribution in [3.05, 3.63) is 115 Å². The second-order valence-electron chi connectivity index (χ2n) is 8.33. The van der Waals surface area contributed by atoms with Gasteiger partial charge >= 0.3 is 6.98 Å². The normalized spacial score (nSPS) is 12.0. The molecule has 0 aromatic heterocycles. The number of anilines is 2. The van der Waals surface area contributed by atoms with E-state index in [1.54, 1.807) is 0 Å². The van der Waals surface area contributed by atoms with Crippen molar-refractivity contribution >= 4 is 34.6 Å². The van der Waals surface area contributed by atoms with E-state index in [0.717, 1.165) is 39.1 Å². The van der Waals surface area contributed by atoms with Gasteiger partial charge in [-0.3, -0.25) is 0 Å². The van der Waals surface area contributed by atoms with Crippen molar-refractivity contribution in [2.45, 2.75) is 0 Å². The lowest BCUT2D eigenvalue weighted by atomic mass is 9.65. The quantitative estimate of drug-likeness (QED) is 0.337. The van der Waals surface area contributed by atoms with Gasteiger partial charge in [0.25, 0.3) is 0 Å². The van der Waals surface area contributed by atoms with Gasteiger partial charge in [-0.05, 0) is 63.4 Å². The molecular formula is C29H20BN3. The molecule has 0 aliphatic carbocycles. The molecule has 0 saturated heterocycles. The van der Waals surface area contributed by atoms with Crippen LogP contribution < -0.4 is 15.9 Å². The second kappa shape index (κ2) is 7.89. The van der Waals surface area contributed by atoms with E-state index in [1.807, 2.05) is 30.3 Å². The topological polar surface area (TPSA) is 47.9 Å². The molecule has 1 aliphatic heterocycles. The number of nitriles is 1. The number of rotatable bonds is 3. The van der Waals surface area contributed by atoms with Gasteiger partial charge in [0.15, 0.2) is 0 Å². The average Bonchev–Trinajstić information content (AvgIpc) is 2.89. The summed E-state index contributed by atoms with van der Waals surface area (Å²) in [5.74, 6) is 0. The molecular weight excluding hydrogens is 401 g/mol. The summed E-state index contributed by atoms with van der Waals surface area (Å²) in [4.78, 5) is 0. The molecule has 1 heterocycles. The molecule has 0 bridgehead atoms. The average molecular weight is 421 g/mol. The maximum atomic E-state index is 9.63. The molecule has 4 heteroatoms. The maximum Gasteiger partial charge on any atom is 0.406 e. The lowest BCUT2D eigenvalue weighted by molar-refractivity contribution is 1.48. The smallest absolute Gasteiger partial charge is 0.405 e. The summed E-state index contributed by atoms with van der Waals surface area (Å²) in [6, 6.07) is 39.8. The zero-order valence-electron chi connectivity index (χ0n) is 17.9. The maximum absolute atomic E-state index is 9.63. The predicted molar refractivity (Wildman–Crippen MR) is 139 cm³/mol. The zero-order chi connectivity index (χ0) is 22.2. The van der Waals surface area contributed by atoms with Gasteiger partial charge in [-0.1, -0.05) is 78.9 Å². The summed E-state index contributed by atoms with van der Waals surface area (Å²) in [6.45, 7) is -0.0433. The molecule has 0 amide bonds. The Morgan fingerprint density at radius 2 is 1.21 bits per heavy atom. The lowest BCUT2D eigenvalue weighted by Gasteiger charge is -2.27. The zero-order valence-corrected chi connectivity index (χ0v) is 17.9. The molecule has 2 N–H and O–H groups in total. The fraction of sp³-hybridized carbons (Fsp3) is 0. The molecule has 6 rings (SSSR count). The fourth-order valence-electron chi connectivity index (χ4n) is 4.65. The monoisotopic (exact) mass is 421 g/mol. The summed E-state index contributed by atoms with van der Waals surface area (Å²) in [5, 5.41) is 19.4. The largest absolute Gasteiger partial charge is 0.406 e. The van der Waals surface area contributed by atoms with Gasteiger partial charge in [0, 0.05) is 16.8 Å². The Morgan fingerprint density at radius 3 is 1.91 bits per heavy atom. The molecule has 154 valence electrons. The molecule has 5 aromatic rings. The highest BCUT2D eigenvalue weighted by Gasteiger charge is 2.25. The summed E-state index contributed by atoms with van der Waals surface area (Å²) >= 11 is 0. The van der Waals surface area contributed by atoms with Crippen LogP contribution in [0.2, 0.25) is 0 Å². The van der Waals surface area contributed by atoms with E-state index in [9.17, 15) is 5.26 Å². The van der Waals surface area contributed by atoms with Crippen LogP contribution in [0.25, 0.3) is 33.0 Å². The lowest BCUT2D eigenvalue weighted by Crippen LogP contribution is -2.47. The van der Waals surface area contributed by atoms with E-state index in [0.29, 0.717) is 5.56 Å². The number of benzene rings is 5. The van der Waals surface area contributed by atoms with Crippen LogP contribution in [0.15, 0.2) is 109 Å². The minimum Gasteiger partial charge on any atom is -0.405 e. The minimum absolute atomic E-state index is 0.0433. The van der Waals surface area contributed by atoms with E-state index in [1.165, 1.54) is 10.8 Å². The SMILES string of the molecule is N#Cc1cc(-c2ccccc2)cc(-c2cccc(B3Nc4cccc5cccc(c45)N3)c2)c1. The minimum atomic E-state index is -0.0433. The van der Waals surface area contributed by atoms with Gasteiger partial charge in [0.05, 0.1) is 11.6 Å². The Labute approximate surface area is 193 Å². The van der Waals surface area contributed by atoms with Crippen molar-refractivity contribution in [2.24, 2.45) is 0 Å². The van der Waals surface area contributed by atoms with Crippen LogP contribution in [0.5, 0.6) is 0 Å². The first-order valence-corrected chi connectivity index (χ1v) is 11.0. The Morgan fingerprint density at radius 1 is 0.576 bits per heavy atom. The Bertz CT molecular complexity index is 1500. The van der Waals surface area contributed by atoms with Gasteiger partial charge in [0.2, 0.25) is 0 Å². The van der Waals surface area contributed by atoms with Crippen molar-refractivity contribution in [1.29, 1.82) is 5.26 Å². The highest BCUT2D eigenvalue weighted by atomic mass is 15.0. The third-order valence-corrected chi connectivity index (χ3v) is 6.23. The number of hydrogen-bond donors (Lipinski definition) is 2. The van der Waals surface area contributed by atoms with Crippen LogP contribution in [0.4, 0.5) is 11.4 Å². The Kier molecular flexibility index (Phi) is 4.60. The summed E-state index contributed by atoms with van der Waals surface area (Å²) in [5.41, 5.74) is 8.34. The first-order valence-electron chi connectivity index (χ1n) is 11.0. The summed E-state index contributed by atoms with van der Waals surface area (Å²) < 4.78 is 0. The Hall–Kier alpha value is -4.49. The van der Waals surface area contributed by atoms with E-state index < -0.39 is 0 Å². The van der Waals surface area contributed by atoms with Gasteiger partial charge in [0.1, 0.15) is 0 Å². The van der Waals surface area contributed by atoms with Crippen molar-refractivity contribution in [3.8, 4) is 28.3 Å². The standard InChI is InChI=1S/C29H20BN3/c31-19-20-15-24(21-7-2-1-3-8-21)17-25(16-20)23-11-4-12-26(18-23)30-32-27-13-5-9-22-10-6-14-28(33-30)29(22)27/h1-18,32-33H. The number of nitrogens with zero attached hydrogens (tertiary/aromatic N) is 1. The van der Waals surface area contributed by atoms with E-state index in [4.69, 9.17) is 0 Å². The van der Waals surface area contributed by atoms with Crippen molar-refractivity contribution in [3.63, 3.8) is 0 Å². The van der Waals surface area contributed by atoms with Gasteiger partial charge in [-0.15, -0.1) is 0 Å². The van der Waals surface area contributed by atoms with E-state index >= 15 is 0 Å². The van der Waals surface area contributed by atoms with E-state index in [-0.39, 0.29) is 6.98 Å². The third-order valence-electron chi connectivity index (χ3n) is 6.23. The van der Waals surface area contributed by atoms with Gasteiger partial charge < -0.3 is 10.5 Å². The molecule has 0 spiro atoms. The highest BCUT2D eigenvalue weighted by molar-refractivity contribution is 6.80. The highest BCUT2D eigenvalue weighted by Crippen LogP contribution is 2.34. The Balaban J connectivity index is 1.39. The summed E-state index contributed by atoms with van der Waals surface area (Å²) in [6.07, 6.45) is 0. The van der Waals surface area contributed by atoms with Gasteiger partial charge in [-0.25, -0.2) is 0 Å². The van der Waals surface area contributed by atoms with Crippen molar-refractivity contribution in [1.82, 2.24) is 0 Å². The third kappa shape index (κ3) is 3.50. The molecule has 0 radical (unpaired) electrons. The number of hydrogen-bond acceptors (Lipinski definition) is 3. The van der Waals surface area contributed by atoms with Crippen LogP contribution in [0.3, 0.4) is 0 Å². The predicted octanol–water partition coefficient (Wildman–Crippen LogP) is 6.28. The van der Waals surface area contributed by atoms with E-state index in [2.05, 4.69) is 95.4 Å². The van der Waals surface area contributed by atoms with Crippen LogP contribution >= 0.6 is 0 Å². The fourth-order valence-corrected chi connectivity index (χ4v) is 4.65. The van der Waals surface area contributed by atoms with Gasteiger partial charge in [-0.2, -0.15) is 5.26 Å². The molecule has 0 atom stereocenters. The first-order chi connectivity index (χ1) is 16.3. The second-order valence-corrected chi connectivity index (χ2v) is 8.33. The van der Waals surface area contributed by atoms with Crippen LogP contribution in [-0.2, 0) is 0 Å². The van der Waals surface area contributed by atoms with Crippen LogP contribution in [0.1, 0.15) is 5.56 Å². The van der Waals surface area contributed by atoms with Crippen molar-refractivity contribution in [2.75, 3.05) is 10.5 Å². The molecule has 33 heavy (non-hydrogen) atoms. The molecule has 3 nitrogen and oxygen atoms in total. The van der Waals surface area contributed by atoms with Crippen LogP contribution in [0, 0.1) is 11.3 Å². The van der Waals surface area contributed by atoms with Crippen LogP contribution in [-0.4, -0.2) is 6.98 Å². The molecule has 5 aromatic carbocycles. The molecule has 0 saturated carbocycles. The molecule has 0 unspecified atom stereocenters. The van der Waals surface area contributed by atoms with Crippen molar-refractivity contribution < 1.29 is 0 Å². The number of nitrogens with one attached hydrogen (secondary N) is 2. The first kappa shape index (κ1) is 19.2. The molecule has 1 aliphatic rings. The molecule has 0 fully saturated rings.